The summed E-state index contributed by atoms with van der Waals surface area (Å²) in [7, 11) is 0. The van der Waals surface area contributed by atoms with Crippen molar-refractivity contribution in [1.82, 2.24) is 4.90 Å². The van der Waals surface area contributed by atoms with Gasteiger partial charge in [0.1, 0.15) is 0 Å². The maximum absolute atomic E-state index is 4.25. The van der Waals surface area contributed by atoms with Crippen molar-refractivity contribution in [3.05, 3.63) is 68.3 Å². The van der Waals surface area contributed by atoms with Crippen LogP contribution in [0.5, 0.6) is 0 Å². The molecule has 1 saturated heterocycles. The van der Waals surface area contributed by atoms with Gasteiger partial charge >= 0.3 is 0 Å². The van der Waals surface area contributed by atoms with E-state index >= 15 is 0 Å². The van der Waals surface area contributed by atoms with E-state index in [1.165, 1.54) is 27.6 Å². The Kier molecular flexibility index (Phi) is 4.46. The lowest BCUT2D eigenvalue weighted by Crippen LogP contribution is -2.56. The normalized spacial score (nSPS) is 27.3. The van der Waals surface area contributed by atoms with Crippen LogP contribution in [0.25, 0.3) is 0 Å². The van der Waals surface area contributed by atoms with Gasteiger partial charge in [-0.3, -0.25) is 4.90 Å². The Morgan fingerprint density at radius 2 is 2.16 bits per heavy atom. The van der Waals surface area contributed by atoms with E-state index < -0.39 is 0 Å². The average molecular weight is 416 g/mol. The van der Waals surface area contributed by atoms with Crippen LogP contribution >= 0.6 is 27.3 Å². The summed E-state index contributed by atoms with van der Waals surface area (Å²) < 4.78 is 1.29. The first-order valence-corrected chi connectivity index (χ1v) is 10.8. The molecule has 2 aromatic rings. The first-order valence-electron chi connectivity index (χ1n) is 9.08. The topological polar surface area (TPSA) is 3.24 Å². The number of benzene rings is 1. The van der Waals surface area contributed by atoms with Gasteiger partial charge in [0.15, 0.2) is 0 Å². The minimum absolute atomic E-state index is 0.312. The molecule has 3 heterocycles. The van der Waals surface area contributed by atoms with Crippen LogP contribution in [0.3, 0.4) is 0 Å². The lowest BCUT2D eigenvalue weighted by molar-refractivity contribution is -0.0316. The van der Waals surface area contributed by atoms with Crippen molar-refractivity contribution >= 4 is 27.3 Å². The highest BCUT2D eigenvalue weighted by Crippen LogP contribution is 2.61. The average Bonchev–Trinajstić information content (AvgIpc) is 3.02. The van der Waals surface area contributed by atoms with Gasteiger partial charge in [-0.15, -0.1) is 6.58 Å². The SMILES string of the molecule is C=C(C)C[C@H]1[C@H]2c3c(Br)cccc3[C@H](CC2(C)C)N1Cc1ccsc1. The molecule has 3 atom stereocenters. The summed E-state index contributed by atoms with van der Waals surface area (Å²) in [6.45, 7) is 12.4. The van der Waals surface area contributed by atoms with Gasteiger partial charge in [-0.2, -0.15) is 11.3 Å². The van der Waals surface area contributed by atoms with Crippen molar-refractivity contribution < 1.29 is 0 Å². The molecule has 0 radical (unpaired) electrons. The zero-order valence-corrected chi connectivity index (χ0v) is 17.7. The maximum atomic E-state index is 4.25. The van der Waals surface area contributed by atoms with E-state index in [0.29, 0.717) is 23.4 Å². The summed E-state index contributed by atoms with van der Waals surface area (Å²) in [5, 5.41) is 4.49. The molecule has 0 saturated carbocycles. The number of piperidine rings is 1. The van der Waals surface area contributed by atoms with Crippen LogP contribution in [0.2, 0.25) is 0 Å². The third-order valence-corrected chi connectivity index (χ3v) is 7.46. The van der Waals surface area contributed by atoms with E-state index in [1.807, 2.05) is 0 Å². The van der Waals surface area contributed by atoms with Crippen molar-refractivity contribution in [2.75, 3.05) is 0 Å². The van der Waals surface area contributed by atoms with Crippen molar-refractivity contribution in [2.24, 2.45) is 5.41 Å². The molecule has 1 nitrogen and oxygen atoms in total. The lowest BCUT2D eigenvalue weighted by Gasteiger charge is -2.59. The third kappa shape index (κ3) is 2.94. The largest absolute Gasteiger partial charge is 0.288 e. The number of fused-ring (bicyclic) bond motifs is 2. The van der Waals surface area contributed by atoms with Gasteiger partial charge in [0, 0.05) is 29.0 Å². The molecule has 132 valence electrons. The summed E-state index contributed by atoms with van der Waals surface area (Å²) in [4.78, 5) is 2.77. The fourth-order valence-corrected chi connectivity index (χ4v) is 6.43. The van der Waals surface area contributed by atoms with Crippen LogP contribution < -0.4 is 0 Å². The Morgan fingerprint density at radius 1 is 1.36 bits per heavy atom. The van der Waals surface area contributed by atoms with E-state index in [2.05, 4.69) is 83.2 Å². The maximum Gasteiger partial charge on any atom is 0.0363 e. The van der Waals surface area contributed by atoms with Crippen LogP contribution in [-0.2, 0) is 6.54 Å². The van der Waals surface area contributed by atoms with Crippen molar-refractivity contribution in [2.45, 2.75) is 58.2 Å². The molecule has 1 aliphatic carbocycles. The first kappa shape index (κ1) is 17.5. The molecule has 0 amide bonds. The Labute approximate surface area is 163 Å². The number of halogens is 1. The number of nitrogens with zero attached hydrogens (tertiary/aromatic N) is 1. The second-order valence-electron chi connectivity index (χ2n) is 8.46. The zero-order chi connectivity index (χ0) is 17.8. The first-order chi connectivity index (χ1) is 11.9. The minimum Gasteiger partial charge on any atom is -0.288 e. The molecule has 3 aliphatic rings. The molecule has 2 aliphatic heterocycles. The third-order valence-electron chi connectivity index (χ3n) is 6.03. The molecule has 25 heavy (non-hydrogen) atoms. The van der Waals surface area contributed by atoms with Crippen molar-refractivity contribution in [3.8, 4) is 0 Å². The predicted octanol–water partition coefficient (Wildman–Crippen LogP) is 6.92. The van der Waals surface area contributed by atoms with Crippen molar-refractivity contribution in [3.63, 3.8) is 0 Å². The van der Waals surface area contributed by atoms with E-state index in [0.717, 1.165) is 13.0 Å². The van der Waals surface area contributed by atoms with E-state index in [-0.39, 0.29) is 0 Å². The Balaban J connectivity index is 1.84. The number of rotatable bonds is 4. The highest BCUT2D eigenvalue weighted by Gasteiger charge is 2.53. The second kappa shape index (κ2) is 6.37. The van der Waals surface area contributed by atoms with Gasteiger partial charge in [-0.1, -0.05) is 47.5 Å². The Morgan fingerprint density at radius 3 is 2.84 bits per heavy atom. The number of thiophene rings is 1. The summed E-state index contributed by atoms with van der Waals surface area (Å²) >= 11 is 5.67. The van der Waals surface area contributed by atoms with Crippen LogP contribution in [-0.4, -0.2) is 10.9 Å². The van der Waals surface area contributed by atoms with Gasteiger partial charge in [0.2, 0.25) is 0 Å². The quantitative estimate of drug-likeness (QED) is 0.489. The molecule has 2 bridgehead atoms. The zero-order valence-electron chi connectivity index (χ0n) is 15.3. The summed E-state index contributed by atoms with van der Waals surface area (Å²) in [5.74, 6) is 0.540. The fourth-order valence-electron chi connectivity index (χ4n) is 5.14. The van der Waals surface area contributed by atoms with Crippen LogP contribution in [0.15, 0.2) is 51.7 Å². The van der Waals surface area contributed by atoms with Crippen LogP contribution in [0, 0.1) is 5.41 Å². The molecular formula is C22H26BrNS. The number of hydrogen-bond acceptors (Lipinski definition) is 2. The summed E-state index contributed by atoms with van der Waals surface area (Å²) in [5.41, 5.74) is 6.13. The smallest absolute Gasteiger partial charge is 0.0363 e. The highest BCUT2D eigenvalue weighted by molar-refractivity contribution is 9.10. The highest BCUT2D eigenvalue weighted by atomic mass is 79.9. The Bertz CT molecular complexity index is 792. The van der Waals surface area contributed by atoms with Gasteiger partial charge in [-0.25, -0.2) is 0 Å². The van der Waals surface area contributed by atoms with E-state index in [4.69, 9.17) is 0 Å². The van der Waals surface area contributed by atoms with Crippen LogP contribution in [0.4, 0.5) is 0 Å². The van der Waals surface area contributed by atoms with E-state index in [9.17, 15) is 0 Å². The fraction of sp³-hybridized carbons (Fsp3) is 0.455. The standard InChI is InChI=1S/C22H26BrNS/c1-14(2)10-18-21-20-16(6-5-7-17(20)23)19(11-22(21,3)4)24(18)12-15-8-9-25-13-15/h5-9,13,18-19,21H,1,10-12H2,2-4H3/t18-,19-,21-/m0/s1. The molecule has 3 heteroatoms. The minimum atomic E-state index is 0.312. The van der Waals surface area contributed by atoms with Crippen molar-refractivity contribution in [1.29, 1.82) is 0 Å². The monoisotopic (exact) mass is 415 g/mol. The van der Waals surface area contributed by atoms with Gasteiger partial charge in [0.05, 0.1) is 0 Å². The molecule has 1 aromatic heterocycles. The molecule has 0 unspecified atom stereocenters. The Hall–Kier alpha value is -0.900. The number of hydrogen-bond donors (Lipinski definition) is 0. The predicted molar refractivity (Wildman–Crippen MR) is 111 cm³/mol. The molecule has 0 N–H and O–H groups in total. The molecule has 1 fully saturated rings. The molecule has 0 spiro atoms. The second-order valence-corrected chi connectivity index (χ2v) is 10.1. The molecule has 5 rings (SSSR count). The van der Waals surface area contributed by atoms with Gasteiger partial charge in [-0.05, 0) is 64.8 Å². The van der Waals surface area contributed by atoms with E-state index in [1.54, 1.807) is 16.9 Å². The summed E-state index contributed by atoms with van der Waals surface area (Å²) in [6.07, 6.45) is 2.31. The summed E-state index contributed by atoms with van der Waals surface area (Å²) in [6, 6.07) is 10.1. The lowest BCUT2D eigenvalue weighted by atomic mass is 9.57. The van der Waals surface area contributed by atoms with Gasteiger partial charge < -0.3 is 0 Å². The van der Waals surface area contributed by atoms with Crippen LogP contribution in [0.1, 0.15) is 62.3 Å². The van der Waals surface area contributed by atoms with Gasteiger partial charge in [0.25, 0.3) is 0 Å². The molecular weight excluding hydrogens is 390 g/mol. The molecule has 1 aromatic carbocycles.